The minimum absolute atomic E-state index is 0.0255. The summed E-state index contributed by atoms with van der Waals surface area (Å²) in [7, 11) is 0. The van der Waals surface area contributed by atoms with Crippen molar-refractivity contribution in [2.75, 3.05) is 6.61 Å². The van der Waals surface area contributed by atoms with Crippen LogP contribution in [-0.2, 0) is 9.53 Å². The van der Waals surface area contributed by atoms with Crippen LogP contribution in [0.1, 0.15) is 34.1 Å². The molecule has 0 radical (unpaired) electrons. The first-order chi connectivity index (χ1) is 4.85. The maximum absolute atomic E-state index is 11.0. The summed E-state index contributed by atoms with van der Waals surface area (Å²) in [4.78, 5) is 11.0. The second-order valence-corrected chi connectivity index (χ2v) is 4.40. The van der Waals surface area contributed by atoms with Gasteiger partial charge in [0.2, 0.25) is 0 Å². The predicted octanol–water partition coefficient (Wildman–Crippen LogP) is 1.78. The second-order valence-electron chi connectivity index (χ2n) is 4.40. The Morgan fingerprint density at radius 3 is 2.18 bits per heavy atom. The zero-order valence-corrected chi connectivity index (χ0v) is 7.73. The molecule has 0 N–H and O–H groups in total. The van der Waals surface area contributed by atoms with Gasteiger partial charge in [-0.2, -0.15) is 0 Å². The van der Waals surface area contributed by atoms with Crippen molar-refractivity contribution in [1.82, 2.24) is 0 Å². The highest BCUT2D eigenvalue weighted by molar-refractivity contribution is 5.81. The first-order valence-electron chi connectivity index (χ1n) is 4.01. The topological polar surface area (TPSA) is 26.3 Å². The van der Waals surface area contributed by atoms with Gasteiger partial charge in [-0.3, -0.25) is 4.79 Å². The van der Waals surface area contributed by atoms with E-state index in [0.29, 0.717) is 6.42 Å². The highest BCUT2D eigenvalue weighted by atomic mass is 16.5. The quantitative estimate of drug-likeness (QED) is 0.534. The summed E-state index contributed by atoms with van der Waals surface area (Å²) < 4.78 is 5.44. The Morgan fingerprint density at radius 1 is 1.27 bits per heavy atom. The molecule has 1 heterocycles. The van der Waals surface area contributed by atoms with Gasteiger partial charge < -0.3 is 4.74 Å². The van der Waals surface area contributed by atoms with Crippen molar-refractivity contribution < 1.29 is 9.53 Å². The van der Waals surface area contributed by atoms with Crippen LogP contribution in [0, 0.1) is 5.41 Å². The van der Waals surface area contributed by atoms with E-state index in [0.717, 1.165) is 0 Å². The molecule has 1 fully saturated rings. The van der Waals surface area contributed by atoms with Gasteiger partial charge in [0.25, 0.3) is 0 Å². The molecule has 0 amide bonds. The zero-order valence-electron chi connectivity index (χ0n) is 7.73. The summed E-state index contributed by atoms with van der Waals surface area (Å²) >= 11 is 0. The van der Waals surface area contributed by atoms with Crippen molar-refractivity contribution in [3.63, 3.8) is 0 Å². The number of Topliss-reactive ketones (excluding diaryl/α,β-unsaturated/α-hetero) is 1. The van der Waals surface area contributed by atoms with E-state index < -0.39 is 0 Å². The van der Waals surface area contributed by atoms with Gasteiger partial charge in [0.05, 0.1) is 5.60 Å². The molecule has 0 spiro atoms. The standard InChI is InChI=1S/C9H16O2/c1-8(2)5-7(10)6-11-9(8,3)4/h5-6H2,1-4H3. The normalized spacial score (nSPS) is 28.5. The summed E-state index contributed by atoms with van der Waals surface area (Å²) in [5, 5.41) is 0. The molecule has 2 heteroatoms. The van der Waals surface area contributed by atoms with Crippen LogP contribution in [0.15, 0.2) is 0 Å². The zero-order chi connectivity index (χ0) is 8.70. The van der Waals surface area contributed by atoms with E-state index in [1.165, 1.54) is 0 Å². The number of carbonyl (C=O) groups excluding carboxylic acids is 1. The Bertz CT molecular complexity index is 180. The molecule has 1 saturated heterocycles. The third kappa shape index (κ3) is 1.45. The molecular formula is C9H16O2. The van der Waals surface area contributed by atoms with Crippen molar-refractivity contribution in [3.8, 4) is 0 Å². The Hall–Kier alpha value is -0.370. The maximum atomic E-state index is 11.0. The van der Waals surface area contributed by atoms with Crippen LogP contribution < -0.4 is 0 Å². The van der Waals surface area contributed by atoms with Gasteiger partial charge in [-0.05, 0) is 13.8 Å². The number of ketones is 1. The van der Waals surface area contributed by atoms with Gasteiger partial charge in [0.15, 0.2) is 5.78 Å². The first-order valence-corrected chi connectivity index (χ1v) is 4.01. The highest BCUT2D eigenvalue weighted by Crippen LogP contribution is 2.39. The predicted molar refractivity (Wildman–Crippen MR) is 43.4 cm³/mol. The summed E-state index contributed by atoms with van der Waals surface area (Å²) in [5.74, 6) is 0.217. The molecule has 0 aromatic carbocycles. The van der Waals surface area contributed by atoms with E-state index in [1.54, 1.807) is 0 Å². The third-order valence-corrected chi connectivity index (χ3v) is 2.86. The van der Waals surface area contributed by atoms with E-state index in [1.807, 2.05) is 13.8 Å². The van der Waals surface area contributed by atoms with Gasteiger partial charge in [-0.15, -0.1) is 0 Å². The Labute approximate surface area is 67.9 Å². The third-order valence-electron chi connectivity index (χ3n) is 2.86. The molecule has 1 aliphatic rings. The summed E-state index contributed by atoms with van der Waals surface area (Å²) in [6.07, 6.45) is 0.639. The van der Waals surface area contributed by atoms with E-state index in [9.17, 15) is 4.79 Å². The van der Waals surface area contributed by atoms with Crippen molar-refractivity contribution in [1.29, 1.82) is 0 Å². The molecule has 0 aliphatic carbocycles. The van der Waals surface area contributed by atoms with Crippen LogP contribution in [-0.4, -0.2) is 18.0 Å². The van der Waals surface area contributed by atoms with Gasteiger partial charge in [-0.25, -0.2) is 0 Å². The smallest absolute Gasteiger partial charge is 0.159 e. The van der Waals surface area contributed by atoms with E-state index in [-0.39, 0.29) is 23.4 Å². The van der Waals surface area contributed by atoms with Crippen LogP contribution in [0.2, 0.25) is 0 Å². The van der Waals surface area contributed by atoms with Gasteiger partial charge in [0, 0.05) is 11.8 Å². The first kappa shape index (κ1) is 8.72. The average Bonchev–Trinajstić information content (AvgIpc) is 1.80. The Kier molecular flexibility index (Phi) is 1.83. The molecule has 0 bridgehead atoms. The van der Waals surface area contributed by atoms with Gasteiger partial charge in [-0.1, -0.05) is 13.8 Å². The van der Waals surface area contributed by atoms with Crippen molar-refractivity contribution in [2.45, 2.75) is 39.7 Å². The lowest BCUT2D eigenvalue weighted by molar-refractivity contribution is -0.161. The molecule has 0 saturated carbocycles. The van der Waals surface area contributed by atoms with E-state index >= 15 is 0 Å². The monoisotopic (exact) mass is 156 g/mol. The summed E-state index contributed by atoms with van der Waals surface area (Å²) in [6.45, 7) is 8.52. The number of hydrogen-bond donors (Lipinski definition) is 0. The highest BCUT2D eigenvalue weighted by Gasteiger charge is 2.43. The SMILES string of the molecule is CC1(C)CC(=O)COC1(C)C. The Balaban J connectivity index is 2.80. The average molecular weight is 156 g/mol. The van der Waals surface area contributed by atoms with E-state index in [4.69, 9.17) is 4.74 Å². The van der Waals surface area contributed by atoms with Gasteiger partial charge in [0.1, 0.15) is 6.61 Å². The largest absolute Gasteiger partial charge is 0.367 e. The molecule has 64 valence electrons. The van der Waals surface area contributed by atoms with Crippen LogP contribution in [0.5, 0.6) is 0 Å². The molecular weight excluding hydrogens is 140 g/mol. The molecule has 1 rings (SSSR count). The van der Waals surface area contributed by atoms with Gasteiger partial charge >= 0.3 is 0 Å². The molecule has 11 heavy (non-hydrogen) atoms. The molecule has 0 unspecified atom stereocenters. The summed E-state index contributed by atoms with van der Waals surface area (Å²) in [5.41, 5.74) is -0.191. The minimum atomic E-state index is -0.166. The lowest BCUT2D eigenvalue weighted by atomic mass is 9.72. The molecule has 1 aliphatic heterocycles. The van der Waals surface area contributed by atoms with Crippen molar-refractivity contribution in [3.05, 3.63) is 0 Å². The number of rotatable bonds is 0. The van der Waals surface area contributed by atoms with Crippen LogP contribution >= 0.6 is 0 Å². The number of carbonyl (C=O) groups is 1. The second kappa shape index (κ2) is 2.31. The Morgan fingerprint density at radius 2 is 1.82 bits per heavy atom. The lowest BCUT2D eigenvalue weighted by Crippen LogP contribution is -2.48. The van der Waals surface area contributed by atoms with Crippen molar-refractivity contribution >= 4 is 5.78 Å². The van der Waals surface area contributed by atoms with E-state index in [2.05, 4.69) is 13.8 Å². The summed E-state index contributed by atoms with van der Waals surface area (Å²) in [6, 6.07) is 0. The number of hydrogen-bond acceptors (Lipinski definition) is 2. The molecule has 0 aromatic heterocycles. The molecule has 0 atom stereocenters. The van der Waals surface area contributed by atoms with Crippen LogP contribution in [0.3, 0.4) is 0 Å². The van der Waals surface area contributed by atoms with Crippen LogP contribution in [0.25, 0.3) is 0 Å². The fourth-order valence-corrected chi connectivity index (χ4v) is 1.21. The fourth-order valence-electron chi connectivity index (χ4n) is 1.21. The van der Waals surface area contributed by atoms with Crippen molar-refractivity contribution in [2.24, 2.45) is 5.41 Å². The molecule has 0 aromatic rings. The maximum Gasteiger partial charge on any atom is 0.159 e. The minimum Gasteiger partial charge on any atom is -0.367 e. The fraction of sp³-hybridized carbons (Fsp3) is 0.889. The lowest BCUT2D eigenvalue weighted by Gasteiger charge is -2.44. The number of ether oxygens (including phenoxy) is 1. The molecule has 2 nitrogen and oxygen atoms in total. The van der Waals surface area contributed by atoms with Crippen LogP contribution in [0.4, 0.5) is 0 Å².